The Balaban J connectivity index is 1.71. The number of benzene rings is 1. The van der Waals surface area contributed by atoms with E-state index in [1.54, 1.807) is 6.20 Å². The van der Waals surface area contributed by atoms with Crippen LogP contribution in [-0.2, 0) is 0 Å². The van der Waals surface area contributed by atoms with Gasteiger partial charge in [0.1, 0.15) is 5.84 Å². The average Bonchev–Trinajstić information content (AvgIpc) is 2.78. The van der Waals surface area contributed by atoms with E-state index in [4.69, 9.17) is 14.5 Å². The minimum atomic E-state index is 0.213. The number of fused-ring (bicyclic) bond motifs is 2. The van der Waals surface area contributed by atoms with Crippen LogP contribution in [0.3, 0.4) is 0 Å². The Morgan fingerprint density at radius 3 is 2.83 bits per heavy atom. The van der Waals surface area contributed by atoms with Crippen LogP contribution >= 0.6 is 0 Å². The van der Waals surface area contributed by atoms with Crippen molar-refractivity contribution in [2.75, 3.05) is 32.8 Å². The summed E-state index contributed by atoms with van der Waals surface area (Å²) in [6, 6.07) is 11.7. The molecule has 1 atom stereocenters. The third-order valence-electron chi connectivity index (χ3n) is 5.47. The van der Waals surface area contributed by atoms with E-state index in [1.807, 2.05) is 36.4 Å². The molecule has 1 unspecified atom stereocenters. The summed E-state index contributed by atoms with van der Waals surface area (Å²) >= 11 is 0. The van der Waals surface area contributed by atoms with Crippen LogP contribution in [0.25, 0.3) is 0 Å². The van der Waals surface area contributed by atoms with Crippen LogP contribution in [0.2, 0.25) is 0 Å². The number of aliphatic hydroxyl groups is 1. The van der Waals surface area contributed by atoms with Gasteiger partial charge in [0.15, 0.2) is 11.5 Å². The van der Waals surface area contributed by atoms with Crippen molar-refractivity contribution in [1.82, 2.24) is 9.88 Å². The molecule has 1 aromatic heterocycles. The van der Waals surface area contributed by atoms with Gasteiger partial charge >= 0.3 is 0 Å². The van der Waals surface area contributed by atoms with E-state index in [2.05, 4.69) is 9.88 Å². The number of pyridine rings is 1. The SMILES string of the molecule is OCC1CCCN(C2=NCCCCCOc3ccccc3Oc3ncccc32)C1. The first-order chi connectivity index (χ1) is 14.3. The van der Waals surface area contributed by atoms with Gasteiger partial charge in [0, 0.05) is 32.4 Å². The van der Waals surface area contributed by atoms with Crippen LogP contribution in [-0.4, -0.2) is 53.7 Å². The van der Waals surface area contributed by atoms with Crippen molar-refractivity contribution in [1.29, 1.82) is 0 Å². The highest BCUT2D eigenvalue weighted by molar-refractivity contribution is 6.00. The fourth-order valence-corrected chi connectivity index (χ4v) is 3.92. The van der Waals surface area contributed by atoms with Gasteiger partial charge in [-0.1, -0.05) is 12.1 Å². The van der Waals surface area contributed by atoms with Crippen molar-refractivity contribution in [2.24, 2.45) is 10.9 Å². The molecular formula is C23H29N3O3. The van der Waals surface area contributed by atoms with Crippen molar-refractivity contribution in [3.05, 3.63) is 48.2 Å². The molecule has 2 aliphatic heterocycles. The number of amidine groups is 1. The van der Waals surface area contributed by atoms with Crippen LogP contribution < -0.4 is 9.47 Å². The molecule has 0 spiro atoms. The molecule has 1 N–H and O–H groups in total. The number of aliphatic imine (C=N–C) groups is 1. The Hall–Kier alpha value is -2.60. The summed E-state index contributed by atoms with van der Waals surface area (Å²) in [6.07, 6.45) is 6.92. The molecule has 0 aliphatic carbocycles. The number of ether oxygens (including phenoxy) is 2. The second-order valence-electron chi connectivity index (χ2n) is 7.66. The lowest BCUT2D eigenvalue weighted by Gasteiger charge is -2.34. The topological polar surface area (TPSA) is 67.2 Å². The van der Waals surface area contributed by atoms with Gasteiger partial charge < -0.3 is 19.5 Å². The number of piperidine rings is 1. The molecule has 0 radical (unpaired) electrons. The van der Waals surface area contributed by atoms with Gasteiger partial charge in [-0.15, -0.1) is 0 Å². The van der Waals surface area contributed by atoms with E-state index >= 15 is 0 Å². The third-order valence-corrected chi connectivity index (χ3v) is 5.47. The Morgan fingerprint density at radius 2 is 1.93 bits per heavy atom. The highest BCUT2D eigenvalue weighted by Gasteiger charge is 2.25. The lowest BCUT2D eigenvalue weighted by molar-refractivity contribution is 0.160. The third kappa shape index (κ3) is 4.88. The maximum Gasteiger partial charge on any atom is 0.230 e. The van der Waals surface area contributed by atoms with E-state index < -0.39 is 0 Å². The fourth-order valence-electron chi connectivity index (χ4n) is 3.92. The van der Waals surface area contributed by atoms with Gasteiger partial charge in [0.2, 0.25) is 5.88 Å². The molecule has 1 aromatic carbocycles. The van der Waals surface area contributed by atoms with Crippen LogP contribution in [0.5, 0.6) is 17.4 Å². The first-order valence-electron chi connectivity index (χ1n) is 10.6. The van der Waals surface area contributed by atoms with E-state index in [0.717, 1.165) is 68.9 Å². The molecule has 154 valence electrons. The normalized spacial score (nSPS) is 20.5. The van der Waals surface area contributed by atoms with Gasteiger partial charge in [0.25, 0.3) is 0 Å². The second kappa shape index (κ2) is 9.74. The quantitative estimate of drug-likeness (QED) is 0.794. The van der Waals surface area contributed by atoms with Gasteiger partial charge in [-0.25, -0.2) is 4.98 Å². The van der Waals surface area contributed by atoms with Gasteiger partial charge in [-0.3, -0.25) is 4.99 Å². The molecule has 29 heavy (non-hydrogen) atoms. The van der Waals surface area contributed by atoms with Crippen LogP contribution in [0.15, 0.2) is 47.6 Å². The van der Waals surface area contributed by atoms with Gasteiger partial charge in [-0.2, -0.15) is 0 Å². The Morgan fingerprint density at radius 1 is 1.03 bits per heavy atom. The molecule has 3 heterocycles. The highest BCUT2D eigenvalue weighted by Crippen LogP contribution is 2.33. The highest BCUT2D eigenvalue weighted by atomic mass is 16.5. The summed E-state index contributed by atoms with van der Waals surface area (Å²) < 4.78 is 12.2. The summed E-state index contributed by atoms with van der Waals surface area (Å²) in [6.45, 7) is 3.38. The number of rotatable bonds is 1. The number of aromatic nitrogens is 1. The number of hydrogen-bond acceptors (Lipinski definition) is 6. The standard InChI is InChI=1S/C23H29N3O3/c27-17-18-8-7-14-26(16-18)22-19-9-6-13-25-23(19)29-21-11-3-2-10-20(21)28-15-5-1-4-12-24-22/h2-3,6,9-11,13,18,27H,1,4-5,7-8,12,14-17H2. The van der Waals surface area contributed by atoms with Crippen molar-refractivity contribution in [3.8, 4) is 17.4 Å². The minimum Gasteiger partial charge on any atom is -0.490 e. The Kier molecular flexibility index (Phi) is 6.62. The lowest BCUT2D eigenvalue weighted by Crippen LogP contribution is -2.41. The molecule has 2 aliphatic rings. The summed E-state index contributed by atoms with van der Waals surface area (Å²) in [5, 5.41) is 9.68. The summed E-state index contributed by atoms with van der Waals surface area (Å²) in [4.78, 5) is 11.8. The predicted octanol–water partition coefficient (Wildman–Crippen LogP) is 3.89. The summed E-state index contributed by atoms with van der Waals surface area (Å²) in [5.41, 5.74) is 0.889. The molecule has 0 amide bonds. The monoisotopic (exact) mass is 395 g/mol. The van der Waals surface area contributed by atoms with Crippen molar-refractivity contribution in [2.45, 2.75) is 32.1 Å². The van der Waals surface area contributed by atoms with Crippen molar-refractivity contribution >= 4 is 5.84 Å². The maximum absolute atomic E-state index is 9.68. The summed E-state index contributed by atoms with van der Waals surface area (Å²) in [5.74, 6) is 3.14. The molecule has 0 saturated carbocycles. The fraction of sp³-hybridized carbons (Fsp3) is 0.478. The molecule has 6 heteroatoms. The van der Waals surface area contributed by atoms with E-state index in [9.17, 15) is 5.11 Å². The number of hydrogen-bond donors (Lipinski definition) is 1. The molecule has 6 nitrogen and oxygen atoms in total. The number of aliphatic hydroxyl groups excluding tert-OH is 1. The predicted molar refractivity (Wildman–Crippen MR) is 113 cm³/mol. The summed E-state index contributed by atoms with van der Waals surface area (Å²) in [7, 11) is 0. The molecule has 0 bridgehead atoms. The van der Waals surface area contributed by atoms with Crippen LogP contribution in [0.1, 0.15) is 37.7 Å². The average molecular weight is 396 g/mol. The van der Waals surface area contributed by atoms with Crippen LogP contribution in [0.4, 0.5) is 0 Å². The molecule has 1 fully saturated rings. The van der Waals surface area contributed by atoms with Crippen LogP contribution in [0, 0.1) is 5.92 Å². The molecular weight excluding hydrogens is 366 g/mol. The number of nitrogens with zero attached hydrogens (tertiary/aromatic N) is 3. The smallest absolute Gasteiger partial charge is 0.230 e. The first-order valence-corrected chi connectivity index (χ1v) is 10.6. The molecule has 1 saturated heterocycles. The molecule has 4 rings (SSSR count). The minimum absolute atomic E-state index is 0.213. The second-order valence-corrected chi connectivity index (χ2v) is 7.66. The van der Waals surface area contributed by atoms with E-state index in [-0.39, 0.29) is 12.5 Å². The van der Waals surface area contributed by atoms with Crippen molar-refractivity contribution in [3.63, 3.8) is 0 Å². The van der Waals surface area contributed by atoms with E-state index in [0.29, 0.717) is 18.2 Å². The van der Waals surface area contributed by atoms with Gasteiger partial charge in [0.05, 0.1) is 12.2 Å². The van der Waals surface area contributed by atoms with E-state index in [1.165, 1.54) is 0 Å². The maximum atomic E-state index is 9.68. The Bertz CT molecular complexity index is 840. The number of para-hydroxylation sites is 2. The first kappa shape index (κ1) is 19.7. The zero-order chi connectivity index (χ0) is 19.9. The largest absolute Gasteiger partial charge is 0.490 e. The zero-order valence-electron chi connectivity index (χ0n) is 16.8. The molecule has 2 aromatic rings. The van der Waals surface area contributed by atoms with Crippen molar-refractivity contribution < 1.29 is 14.6 Å². The zero-order valence-corrected chi connectivity index (χ0v) is 16.8. The lowest BCUT2D eigenvalue weighted by atomic mass is 9.98. The van der Waals surface area contributed by atoms with Gasteiger partial charge in [-0.05, 0) is 62.3 Å². The number of likely N-dealkylation sites (tertiary alicyclic amines) is 1. The Labute approximate surface area is 172 Å².